The van der Waals surface area contributed by atoms with Gasteiger partial charge in [0.05, 0.1) is 5.69 Å². The van der Waals surface area contributed by atoms with E-state index in [9.17, 15) is 9.59 Å². The van der Waals surface area contributed by atoms with E-state index in [1.807, 2.05) is 30.5 Å². The molecule has 0 spiro atoms. The van der Waals surface area contributed by atoms with Gasteiger partial charge in [-0.15, -0.1) is 0 Å². The summed E-state index contributed by atoms with van der Waals surface area (Å²) in [6, 6.07) is 7.88. The SMILES string of the molecule is CN(C=O)C(CC1C=Nc2ccccc21)NC=O. The highest BCUT2D eigenvalue weighted by Crippen LogP contribution is 2.34. The van der Waals surface area contributed by atoms with Crippen molar-refractivity contribution < 1.29 is 9.59 Å². The second-order valence-corrected chi connectivity index (χ2v) is 4.25. The normalized spacial score (nSPS) is 17.9. The Hall–Kier alpha value is -2.17. The number of rotatable bonds is 6. The number of para-hydroxylation sites is 1. The van der Waals surface area contributed by atoms with E-state index in [2.05, 4.69) is 10.3 Å². The highest BCUT2D eigenvalue weighted by atomic mass is 16.1. The third kappa shape index (κ3) is 2.40. The summed E-state index contributed by atoms with van der Waals surface area (Å²) in [5, 5.41) is 2.64. The molecule has 18 heavy (non-hydrogen) atoms. The van der Waals surface area contributed by atoms with E-state index in [1.54, 1.807) is 7.05 Å². The van der Waals surface area contributed by atoms with E-state index in [4.69, 9.17) is 0 Å². The lowest BCUT2D eigenvalue weighted by Gasteiger charge is -2.25. The van der Waals surface area contributed by atoms with Crippen LogP contribution >= 0.6 is 0 Å². The Morgan fingerprint density at radius 1 is 1.44 bits per heavy atom. The Labute approximate surface area is 106 Å². The van der Waals surface area contributed by atoms with Crippen LogP contribution in [0.2, 0.25) is 0 Å². The standard InChI is InChI=1S/C13H15N3O2/c1-16(9-18)13(15-8-17)6-10-7-14-12-5-3-2-4-11(10)12/h2-5,7-10,13H,6H2,1H3,(H,15,17). The van der Waals surface area contributed by atoms with Gasteiger partial charge in [-0.2, -0.15) is 0 Å². The highest BCUT2D eigenvalue weighted by molar-refractivity contribution is 5.80. The molecule has 0 aromatic heterocycles. The van der Waals surface area contributed by atoms with Crippen LogP contribution in [0.15, 0.2) is 29.3 Å². The van der Waals surface area contributed by atoms with E-state index in [1.165, 1.54) is 4.90 Å². The number of hydrogen-bond donors (Lipinski definition) is 1. The highest BCUT2D eigenvalue weighted by Gasteiger charge is 2.23. The number of nitrogens with one attached hydrogen (secondary N) is 1. The number of hydrogen-bond acceptors (Lipinski definition) is 3. The van der Waals surface area contributed by atoms with Crippen molar-refractivity contribution in [3.05, 3.63) is 29.8 Å². The van der Waals surface area contributed by atoms with Crippen molar-refractivity contribution in [1.82, 2.24) is 10.2 Å². The molecule has 2 atom stereocenters. The van der Waals surface area contributed by atoms with Crippen molar-refractivity contribution in [3.8, 4) is 0 Å². The number of nitrogens with zero attached hydrogens (tertiary/aromatic N) is 2. The molecule has 1 heterocycles. The summed E-state index contributed by atoms with van der Waals surface area (Å²) in [6.07, 6.45) is 3.49. The maximum absolute atomic E-state index is 10.8. The number of fused-ring (bicyclic) bond motifs is 1. The lowest BCUT2D eigenvalue weighted by molar-refractivity contribution is -0.120. The molecule has 2 amide bonds. The summed E-state index contributed by atoms with van der Waals surface area (Å²) in [7, 11) is 1.65. The van der Waals surface area contributed by atoms with Crippen LogP contribution in [0, 0.1) is 0 Å². The Morgan fingerprint density at radius 2 is 2.22 bits per heavy atom. The van der Waals surface area contributed by atoms with Crippen molar-refractivity contribution in [2.24, 2.45) is 4.99 Å². The lowest BCUT2D eigenvalue weighted by atomic mass is 9.96. The summed E-state index contributed by atoms with van der Waals surface area (Å²) in [6.45, 7) is 0. The number of benzene rings is 1. The summed E-state index contributed by atoms with van der Waals surface area (Å²) >= 11 is 0. The van der Waals surface area contributed by atoms with E-state index in [0.717, 1.165) is 11.3 Å². The first-order chi connectivity index (χ1) is 8.76. The quantitative estimate of drug-likeness (QED) is 0.601. The van der Waals surface area contributed by atoms with Gasteiger partial charge >= 0.3 is 0 Å². The number of carbonyl (C=O) groups excluding carboxylic acids is 2. The first-order valence-electron chi connectivity index (χ1n) is 5.76. The lowest BCUT2D eigenvalue weighted by Crippen LogP contribution is -2.43. The Kier molecular flexibility index (Phi) is 3.72. The zero-order chi connectivity index (χ0) is 13.0. The van der Waals surface area contributed by atoms with E-state index >= 15 is 0 Å². The van der Waals surface area contributed by atoms with Gasteiger partial charge in [0.25, 0.3) is 0 Å². The molecule has 0 aliphatic carbocycles. The van der Waals surface area contributed by atoms with Gasteiger partial charge in [0, 0.05) is 19.2 Å². The maximum Gasteiger partial charge on any atom is 0.211 e. The molecule has 0 bridgehead atoms. The maximum atomic E-state index is 10.8. The Morgan fingerprint density at radius 3 is 2.94 bits per heavy atom. The number of aliphatic imine (C=N–C) groups is 1. The van der Waals surface area contributed by atoms with Crippen molar-refractivity contribution >= 4 is 24.7 Å². The predicted molar refractivity (Wildman–Crippen MR) is 68.8 cm³/mol. The van der Waals surface area contributed by atoms with Crippen molar-refractivity contribution in [1.29, 1.82) is 0 Å². The molecule has 1 aromatic carbocycles. The predicted octanol–water partition coefficient (Wildman–Crippen LogP) is 1.04. The number of carbonyl (C=O) groups is 2. The topological polar surface area (TPSA) is 61.8 Å². The molecule has 1 aliphatic rings. The molecule has 0 saturated heterocycles. The Balaban J connectivity index is 2.12. The van der Waals surface area contributed by atoms with Gasteiger partial charge < -0.3 is 10.2 Å². The summed E-state index contributed by atoms with van der Waals surface area (Å²) in [5.74, 6) is 0.126. The van der Waals surface area contributed by atoms with Crippen LogP contribution in [0.3, 0.4) is 0 Å². The Bertz CT molecular complexity index is 473. The van der Waals surface area contributed by atoms with Crippen LogP contribution in [0.1, 0.15) is 17.9 Å². The summed E-state index contributed by atoms with van der Waals surface area (Å²) in [5.41, 5.74) is 2.09. The van der Waals surface area contributed by atoms with E-state index in [-0.39, 0.29) is 12.1 Å². The number of amides is 2. The second kappa shape index (κ2) is 5.44. The molecule has 1 aliphatic heterocycles. The third-order valence-electron chi connectivity index (χ3n) is 3.13. The minimum Gasteiger partial charge on any atom is -0.338 e. The first kappa shape index (κ1) is 12.3. The van der Waals surface area contributed by atoms with E-state index in [0.29, 0.717) is 19.2 Å². The summed E-state index contributed by atoms with van der Waals surface area (Å²) in [4.78, 5) is 27.1. The van der Waals surface area contributed by atoms with Gasteiger partial charge in [0.1, 0.15) is 6.17 Å². The van der Waals surface area contributed by atoms with E-state index < -0.39 is 0 Å². The molecule has 2 rings (SSSR count). The van der Waals surface area contributed by atoms with Crippen LogP contribution in [-0.4, -0.2) is 37.1 Å². The molecule has 1 N–H and O–H groups in total. The fraction of sp³-hybridized carbons (Fsp3) is 0.308. The van der Waals surface area contributed by atoms with Crippen molar-refractivity contribution in [2.45, 2.75) is 18.5 Å². The molecule has 0 saturated carbocycles. The second-order valence-electron chi connectivity index (χ2n) is 4.25. The molecule has 2 unspecified atom stereocenters. The molecular formula is C13H15N3O2. The fourth-order valence-electron chi connectivity index (χ4n) is 2.10. The van der Waals surface area contributed by atoms with Gasteiger partial charge in [-0.25, -0.2) is 0 Å². The molecule has 5 heteroatoms. The molecule has 0 fully saturated rings. The van der Waals surface area contributed by atoms with Gasteiger partial charge in [-0.1, -0.05) is 18.2 Å². The molecule has 1 aromatic rings. The first-order valence-corrected chi connectivity index (χ1v) is 5.76. The van der Waals surface area contributed by atoms with Crippen LogP contribution < -0.4 is 5.32 Å². The average molecular weight is 245 g/mol. The van der Waals surface area contributed by atoms with Gasteiger partial charge in [-0.3, -0.25) is 14.6 Å². The fourth-order valence-corrected chi connectivity index (χ4v) is 2.10. The largest absolute Gasteiger partial charge is 0.338 e. The zero-order valence-electron chi connectivity index (χ0n) is 10.1. The summed E-state index contributed by atoms with van der Waals surface area (Å²) < 4.78 is 0. The van der Waals surface area contributed by atoms with Crippen molar-refractivity contribution in [2.75, 3.05) is 7.05 Å². The van der Waals surface area contributed by atoms with Crippen molar-refractivity contribution in [3.63, 3.8) is 0 Å². The van der Waals surface area contributed by atoms with Gasteiger partial charge in [0.2, 0.25) is 12.8 Å². The average Bonchev–Trinajstić information content (AvgIpc) is 2.81. The molecular weight excluding hydrogens is 230 g/mol. The van der Waals surface area contributed by atoms with Gasteiger partial charge in [-0.05, 0) is 18.1 Å². The zero-order valence-corrected chi connectivity index (χ0v) is 10.1. The molecule has 94 valence electrons. The van der Waals surface area contributed by atoms with Crippen LogP contribution in [0.25, 0.3) is 0 Å². The minimum atomic E-state index is -0.317. The minimum absolute atomic E-state index is 0.126. The van der Waals surface area contributed by atoms with Gasteiger partial charge in [0.15, 0.2) is 0 Å². The smallest absolute Gasteiger partial charge is 0.211 e. The monoisotopic (exact) mass is 245 g/mol. The van der Waals surface area contributed by atoms with Crippen LogP contribution in [0.4, 0.5) is 5.69 Å². The molecule has 5 nitrogen and oxygen atoms in total. The molecule has 0 radical (unpaired) electrons. The van der Waals surface area contributed by atoms with Crippen LogP contribution in [0.5, 0.6) is 0 Å². The van der Waals surface area contributed by atoms with Crippen LogP contribution in [-0.2, 0) is 9.59 Å². The third-order valence-corrected chi connectivity index (χ3v) is 3.13.